The minimum atomic E-state index is -6.10. The maximum Gasteiger partial charge on any atom is 0.431 e. The van der Waals surface area contributed by atoms with E-state index < -0.39 is 30.0 Å². The van der Waals surface area contributed by atoms with Crippen LogP contribution in [0, 0.1) is 6.92 Å². The number of rotatable bonds is 4. The zero-order chi connectivity index (χ0) is 17.4. The van der Waals surface area contributed by atoms with Gasteiger partial charge in [0.15, 0.2) is 0 Å². The first-order valence-electron chi connectivity index (χ1n) is 6.22. The van der Waals surface area contributed by atoms with Crippen molar-refractivity contribution in [1.29, 1.82) is 0 Å². The molecule has 0 amide bonds. The summed E-state index contributed by atoms with van der Waals surface area (Å²) in [5.74, 6) is 0. The molecule has 0 aliphatic rings. The van der Waals surface area contributed by atoms with E-state index in [0.717, 1.165) is 14.0 Å². The number of alkyl halides is 7. The van der Waals surface area contributed by atoms with Gasteiger partial charge in [-0.05, 0) is 25.0 Å². The molecule has 0 saturated heterocycles. The van der Waals surface area contributed by atoms with E-state index in [1.807, 2.05) is 0 Å². The van der Waals surface area contributed by atoms with Crippen molar-refractivity contribution in [2.45, 2.75) is 43.9 Å². The standard InChI is InChI=1S/C14H15F7O/c1-9-6-4-5-7-10(9)11(2,22-3)8-12(15,13(16,17)18)14(19,20)21/h4-7H,8H2,1-3H3. The quantitative estimate of drug-likeness (QED) is 0.699. The number of benzene rings is 1. The summed E-state index contributed by atoms with van der Waals surface area (Å²) in [5, 5.41) is 0. The van der Waals surface area contributed by atoms with Gasteiger partial charge in [0.1, 0.15) is 0 Å². The van der Waals surface area contributed by atoms with Gasteiger partial charge in [0.25, 0.3) is 0 Å². The molecule has 0 aliphatic heterocycles. The molecule has 1 atom stereocenters. The Kier molecular flexibility index (Phi) is 4.87. The van der Waals surface area contributed by atoms with Crippen molar-refractivity contribution in [3.05, 3.63) is 35.4 Å². The third kappa shape index (κ3) is 3.21. The lowest BCUT2D eigenvalue weighted by atomic mass is 9.81. The fourth-order valence-corrected chi connectivity index (χ4v) is 2.27. The molecule has 8 heteroatoms. The molecule has 0 fully saturated rings. The lowest BCUT2D eigenvalue weighted by Crippen LogP contribution is -2.56. The van der Waals surface area contributed by atoms with Crippen LogP contribution in [0.2, 0.25) is 0 Å². The van der Waals surface area contributed by atoms with Crippen molar-refractivity contribution in [2.24, 2.45) is 0 Å². The maximum absolute atomic E-state index is 14.0. The van der Waals surface area contributed by atoms with Gasteiger partial charge < -0.3 is 4.74 Å². The number of methoxy groups -OCH3 is 1. The van der Waals surface area contributed by atoms with Gasteiger partial charge in [-0.3, -0.25) is 0 Å². The van der Waals surface area contributed by atoms with Crippen LogP contribution in [0.25, 0.3) is 0 Å². The zero-order valence-corrected chi connectivity index (χ0v) is 12.1. The average Bonchev–Trinajstić information content (AvgIpc) is 2.36. The minimum Gasteiger partial charge on any atom is -0.374 e. The average molecular weight is 332 g/mol. The summed E-state index contributed by atoms with van der Waals surface area (Å²) in [6.45, 7) is 2.49. The Morgan fingerprint density at radius 1 is 0.909 bits per heavy atom. The highest BCUT2D eigenvalue weighted by molar-refractivity contribution is 5.31. The molecule has 1 aromatic carbocycles. The highest BCUT2D eigenvalue weighted by atomic mass is 19.4. The van der Waals surface area contributed by atoms with Crippen molar-refractivity contribution in [3.63, 3.8) is 0 Å². The molecule has 0 aliphatic carbocycles. The van der Waals surface area contributed by atoms with E-state index in [1.54, 1.807) is 6.07 Å². The smallest absolute Gasteiger partial charge is 0.374 e. The van der Waals surface area contributed by atoms with Crippen LogP contribution in [-0.2, 0) is 10.3 Å². The van der Waals surface area contributed by atoms with E-state index in [9.17, 15) is 30.7 Å². The molecular weight excluding hydrogens is 317 g/mol. The molecule has 0 radical (unpaired) electrons. The second-order valence-electron chi connectivity index (χ2n) is 5.22. The first kappa shape index (κ1) is 18.7. The zero-order valence-electron chi connectivity index (χ0n) is 12.1. The van der Waals surface area contributed by atoms with Gasteiger partial charge in [0.05, 0.1) is 5.60 Å². The number of ether oxygens (including phenoxy) is 1. The SMILES string of the molecule is COC(C)(CC(F)(C(F)(F)F)C(F)(F)F)c1ccccc1C. The molecule has 1 unspecified atom stereocenters. The summed E-state index contributed by atoms with van der Waals surface area (Å²) in [6, 6.07) is 5.80. The van der Waals surface area contributed by atoms with E-state index in [1.165, 1.54) is 25.1 Å². The van der Waals surface area contributed by atoms with E-state index >= 15 is 0 Å². The Labute approximate surface area is 123 Å². The Balaban J connectivity index is 3.40. The lowest BCUT2D eigenvalue weighted by Gasteiger charge is -2.38. The second-order valence-corrected chi connectivity index (χ2v) is 5.22. The number of hydrogen-bond donors (Lipinski definition) is 0. The van der Waals surface area contributed by atoms with Crippen molar-refractivity contribution in [1.82, 2.24) is 0 Å². The van der Waals surface area contributed by atoms with E-state index in [2.05, 4.69) is 0 Å². The molecule has 1 nitrogen and oxygen atoms in total. The maximum atomic E-state index is 14.0. The largest absolute Gasteiger partial charge is 0.431 e. The monoisotopic (exact) mass is 332 g/mol. The molecule has 1 aromatic rings. The summed E-state index contributed by atoms with van der Waals surface area (Å²) in [6.07, 6.45) is -14.1. The van der Waals surface area contributed by atoms with Gasteiger partial charge in [-0.25, -0.2) is 4.39 Å². The van der Waals surface area contributed by atoms with Crippen molar-refractivity contribution in [3.8, 4) is 0 Å². The molecule has 126 valence electrons. The fourth-order valence-electron chi connectivity index (χ4n) is 2.27. The second kappa shape index (κ2) is 5.72. The Bertz CT molecular complexity index is 507. The fraction of sp³-hybridized carbons (Fsp3) is 0.571. The van der Waals surface area contributed by atoms with Crippen molar-refractivity contribution >= 4 is 0 Å². The molecule has 0 bridgehead atoms. The van der Waals surface area contributed by atoms with Crippen LogP contribution in [0.15, 0.2) is 24.3 Å². The van der Waals surface area contributed by atoms with E-state index in [4.69, 9.17) is 4.74 Å². The molecule has 0 heterocycles. The van der Waals surface area contributed by atoms with Gasteiger partial charge in [0, 0.05) is 13.5 Å². The molecular formula is C14H15F7O. The predicted molar refractivity (Wildman–Crippen MR) is 66.1 cm³/mol. The summed E-state index contributed by atoms with van der Waals surface area (Å²) in [5.41, 5.74) is -7.00. The van der Waals surface area contributed by atoms with Gasteiger partial charge in [-0.2, -0.15) is 26.3 Å². The topological polar surface area (TPSA) is 9.23 Å². The summed E-state index contributed by atoms with van der Waals surface area (Å²) >= 11 is 0. The van der Waals surface area contributed by atoms with Crippen LogP contribution in [-0.4, -0.2) is 25.1 Å². The van der Waals surface area contributed by atoms with Crippen LogP contribution in [0.3, 0.4) is 0 Å². The van der Waals surface area contributed by atoms with Crippen molar-refractivity contribution in [2.75, 3.05) is 7.11 Å². The first-order valence-corrected chi connectivity index (χ1v) is 6.22. The molecule has 0 spiro atoms. The molecule has 0 N–H and O–H groups in total. The van der Waals surface area contributed by atoms with Gasteiger partial charge in [0.2, 0.25) is 0 Å². The summed E-state index contributed by atoms with van der Waals surface area (Å²) < 4.78 is 95.2. The van der Waals surface area contributed by atoms with Crippen molar-refractivity contribution < 1.29 is 35.5 Å². The third-order valence-electron chi connectivity index (χ3n) is 3.64. The Morgan fingerprint density at radius 2 is 1.36 bits per heavy atom. The molecule has 0 aromatic heterocycles. The Morgan fingerprint density at radius 3 is 1.73 bits per heavy atom. The highest BCUT2D eigenvalue weighted by Crippen LogP contribution is 2.52. The number of aryl methyl sites for hydroxylation is 1. The van der Waals surface area contributed by atoms with Crippen LogP contribution in [0.1, 0.15) is 24.5 Å². The van der Waals surface area contributed by atoms with Crippen LogP contribution in [0.4, 0.5) is 30.7 Å². The van der Waals surface area contributed by atoms with Crippen LogP contribution < -0.4 is 0 Å². The summed E-state index contributed by atoms with van der Waals surface area (Å²) in [4.78, 5) is 0. The van der Waals surface area contributed by atoms with Crippen LogP contribution in [0.5, 0.6) is 0 Å². The molecule has 0 saturated carbocycles. The highest BCUT2D eigenvalue weighted by Gasteiger charge is 2.74. The lowest BCUT2D eigenvalue weighted by molar-refractivity contribution is -0.353. The van der Waals surface area contributed by atoms with Gasteiger partial charge >= 0.3 is 18.0 Å². The summed E-state index contributed by atoms with van der Waals surface area (Å²) in [7, 11) is 0.944. The predicted octanol–water partition coefficient (Wildman–Crippen LogP) is 5.08. The third-order valence-corrected chi connectivity index (χ3v) is 3.64. The number of hydrogen-bond acceptors (Lipinski definition) is 1. The van der Waals surface area contributed by atoms with E-state index in [0.29, 0.717) is 5.56 Å². The first-order chi connectivity index (χ1) is 9.78. The number of halogens is 7. The Hall–Kier alpha value is -1.31. The normalized spacial score (nSPS) is 16.5. The molecule has 1 rings (SSSR count). The van der Waals surface area contributed by atoms with Gasteiger partial charge in [-0.1, -0.05) is 24.3 Å². The minimum absolute atomic E-state index is 0.0630. The van der Waals surface area contributed by atoms with E-state index in [-0.39, 0.29) is 5.56 Å². The van der Waals surface area contributed by atoms with Gasteiger partial charge in [-0.15, -0.1) is 0 Å². The van der Waals surface area contributed by atoms with Crippen LogP contribution >= 0.6 is 0 Å². The molecule has 22 heavy (non-hydrogen) atoms.